The minimum Gasteiger partial charge on any atom is -0.377 e. The molecule has 0 spiro atoms. The van der Waals surface area contributed by atoms with Crippen LogP contribution in [0.2, 0.25) is 0 Å². The van der Waals surface area contributed by atoms with E-state index in [1.165, 1.54) is 44.9 Å². The van der Waals surface area contributed by atoms with Crippen LogP contribution in [0.15, 0.2) is 11.6 Å². The third-order valence-electron chi connectivity index (χ3n) is 4.57. The number of nitrogens with one attached hydrogen (secondary N) is 1. The molecule has 0 saturated heterocycles. The molecule has 1 N–H and O–H groups in total. The largest absolute Gasteiger partial charge is 0.377 e. The van der Waals surface area contributed by atoms with Gasteiger partial charge in [0.2, 0.25) is 0 Å². The fraction of sp³-hybridized carbons (Fsp3) is 0.882. The van der Waals surface area contributed by atoms with Crippen molar-refractivity contribution >= 4 is 0 Å². The van der Waals surface area contributed by atoms with E-state index in [-0.39, 0.29) is 5.60 Å². The molecule has 2 nitrogen and oxygen atoms in total. The molecule has 0 aromatic carbocycles. The number of methoxy groups -OCH3 is 1. The molecule has 0 aliphatic heterocycles. The molecular weight excluding hydrogens is 234 g/mol. The van der Waals surface area contributed by atoms with Gasteiger partial charge in [-0.05, 0) is 52.0 Å². The molecule has 112 valence electrons. The van der Waals surface area contributed by atoms with Crippen LogP contribution in [-0.4, -0.2) is 25.3 Å². The van der Waals surface area contributed by atoms with E-state index in [4.69, 9.17) is 4.74 Å². The second kappa shape index (κ2) is 8.76. The van der Waals surface area contributed by atoms with Crippen LogP contribution in [0.3, 0.4) is 0 Å². The fourth-order valence-corrected chi connectivity index (χ4v) is 2.97. The monoisotopic (exact) mass is 267 g/mol. The van der Waals surface area contributed by atoms with E-state index in [1.807, 2.05) is 7.11 Å². The Bertz CT molecular complexity index is 268. The second-order valence-corrected chi connectivity index (χ2v) is 5.99. The van der Waals surface area contributed by atoms with E-state index >= 15 is 0 Å². The summed E-state index contributed by atoms with van der Waals surface area (Å²) in [5.41, 5.74) is 1.50. The second-order valence-electron chi connectivity index (χ2n) is 5.99. The number of ether oxygens (including phenoxy) is 1. The highest BCUT2D eigenvalue weighted by atomic mass is 16.5. The molecular formula is C17H33NO. The third kappa shape index (κ3) is 4.92. The van der Waals surface area contributed by atoms with Crippen molar-refractivity contribution in [1.29, 1.82) is 0 Å². The van der Waals surface area contributed by atoms with Crippen LogP contribution in [0.1, 0.15) is 72.1 Å². The van der Waals surface area contributed by atoms with Crippen LogP contribution in [0.25, 0.3) is 0 Å². The zero-order valence-electron chi connectivity index (χ0n) is 13.4. The minimum atomic E-state index is -0.0831. The topological polar surface area (TPSA) is 21.3 Å². The first-order valence-electron chi connectivity index (χ1n) is 8.15. The molecule has 0 fully saturated rings. The number of hydrogen-bond donors (Lipinski definition) is 1. The Morgan fingerprint density at radius 3 is 2.63 bits per heavy atom. The lowest BCUT2D eigenvalue weighted by atomic mass is 9.83. The van der Waals surface area contributed by atoms with Gasteiger partial charge in [0.05, 0.1) is 11.6 Å². The van der Waals surface area contributed by atoms with E-state index in [9.17, 15) is 0 Å². The molecule has 0 amide bonds. The molecule has 1 aliphatic carbocycles. The predicted octanol–water partition coefficient (Wildman–Crippen LogP) is 4.45. The van der Waals surface area contributed by atoms with Gasteiger partial charge < -0.3 is 10.1 Å². The van der Waals surface area contributed by atoms with Crippen LogP contribution in [0.5, 0.6) is 0 Å². The lowest BCUT2D eigenvalue weighted by molar-refractivity contribution is -0.0200. The van der Waals surface area contributed by atoms with Gasteiger partial charge in [0.25, 0.3) is 0 Å². The Balaban J connectivity index is 2.86. The van der Waals surface area contributed by atoms with E-state index < -0.39 is 0 Å². The summed E-state index contributed by atoms with van der Waals surface area (Å²) in [6.07, 6.45) is 12.6. The molecule has 1 aliphatic rings. The van der Waals surface area contributed by atoms with E-state index in [0.29, 0.717) is 6.04 Å². The first-order valence-corrected chi connectivity index (χ1v) is 8.15. The molecule has 2 heteroatoms. The highest BCUT2D eigenvalue weighted by Gasteiger charge is 2.34. The van der Waals surface area contributed by atoms with Gasteiger partial charge in [-0.3, -0.25) is 0 Å². The maximum Gasteiger partial charge on any atom is 0.0838 e. The molecule has 0 radical (unpaired) electrons. The Kier molecular flexibility index (Phi) is 7.70. The Morgan fingerprint density at radius 1 is 1.26 bits per heavy atom. The van der Waals surface area contributed by atoms with Crippen molar-refractivity contribution in [2.45, 2.75) is 83.8 Å². The molecule has 0 aromatic heterocycles. The van der Waals surface area contributed by atoms with Crippen molar-refractivity contribution in [1.82, 2.24) is 5.32 Å². The van der Waals surface area contributed by atoms with Gasteiger partial charge in [-0.2, -0.15) is 0 Å². The molecule has 0 aromatic rings. The first-order chi connectivity index (χ1) is 9.18. The Hall–Kier alpha value is -0.340. The first kappa shape index (κ1) is 16.7. The lowest BCUT2D eigenvalue weighted by Crippen LogP contribution is -2.51. The number of rotatable bonds is 7. The summed E-state index contributed by atoms with van der Waals surface area (Å²) in [7, 11) is 1.85. The van der Waals surface area contributed by atoms with Crippen LogP contribution in [0, 0.1) is 0 Å². The highest BCUT2D eigenvalue weighted by molar-refractivity contribution is 5.17. The molecule has 2 atom stereocenters. The van der Waals surface area contributed by atoms with E-state index in [1.54, 1.807) is 5.57 Å². The smallest absolute Gasteiger partial charge is 0.0838 e. The lowest BCUT2D eigenvalue weighted by Gasteiger charge is -2.38. The normalized spacial score (nSPS) is 22.0. The number of allylic oxidation sites excluding steroid dienone is 1. The summed E-state index contributed by atoms with van der Waals surface area (Å²) < 4.78 is 5.87. The van der Waals surface area contributed by atoms with Gasteiger partial charge in [0, 0.05) is 7.11 Å². The summed E-state index contributed by atoms with van der Waals surface area (Å²) in [6, 6.07) is 0.376. The molecule has 1 rings (SSSR count). The van der Waals surface area contributed by atoms with E-state index in [2.05, 4.69) is 32.2 Å². The summed E-state index contributed by atoms with van der Waals surface area (Å²) >= 11 is 0. The maximum absolute atomic E-state index is 5.87. The van der Waals surface area contributed by atoms with E-state index in [0.717, 1.165) is 13.0 Å². The van der Waals surface area contributed by atoms with Gasteiger partial charge in [-0.15, -0.1) is 0 Å². The highest BCUT2D eigenvalue weighted by Crippen LogP contribution is 2.29. The van der Waals surface area contributed by atoms with Crippen LogP contribution in [-0.2, 0) is 4.74 Å². The third-order valence-corrected chi connectivity index (χ3v) is 4.57. The number of hydrogen-bond acceptors (Lipinski definition) is 2. The molecule has 0 bridgehead atoms. The molecule has 19 heavy (non-hydrogen) atoms. The van der Waals surface area contributed by atoms with Gasteiger partial charge in [-0.25, -0.2) is 0 Å². The standard InChI is InChI=1S/C17H33NO/c1-5-14-18-16(17(3,6-2)19-4)15-12-10-8-7-9-11-13-15/h12,16,18H,5-11,13-14H2,1-4H3. The fourth-order valence-electron chi connectivity index (χ4n) is 2.97. The summed E-state index contributed by atoms with van der Waals surface area (Å²) in [5.74, 6) is 0. The van der Waals surface area contributed by atoms with Gasteiger partial charge >= 0.3 is 0 Å². The molecule has 2 unspecified atom stereocenters. The van der Waals surface area contributed by atoms with Crippen LogP contribution < -0.4 is 5.32 Å². The predicted molar refractivity (Wildman–Crippen MR) is 83.6 cm³/mol. The average molecular weight is 267 g/mol. The SMILES string of the molecule is CCCNC(C1=CCCCCCC1)C(C)(CC)OC. The van der Waals surface area contributed by atoms with Crippen molar-refractivity contribution in [2.75, 3.05) is 13.7 Å². The summed E-state index contributed by atoms with van der Waals surface area (Å²) in [6.45, 7) is 7.78. The molecule has 0 saturated carbocycles. The zero-order valence-corrected chi connectivity index (χ0v) is 13.4. The summed E-state index contributed by atoms with van der Waals surface area (Å²) in [4.78, 5) is 0. The maximum atomic E-state index is 5.87. The van der Waals surface area contributed by atoms with Crippen molar-refractivity contribution in [3.05, 3.63) is 11.6 Å². The quantitative estimate of drug-likeness (QED) is 0.688. The average Bonchev–Trinajstić information content (AvgIpc) is 2.40. The zero-order chi connectivity index (χ0) is 14.1. The van der Waals surface area contributed by atoms with Crippen molar-refractivity contribution in [3.63, 3.8) is 0 Å². The molecule has 0 heterocycles. The van der Waals surface area contributed by atoms with Crippen LogP contribution in [0.4, 0.5) is 0 Å². The van der Waals surface area contributed by atoms with Gasteiger partial charge in [-0.1, -0.05) is 38.3 Å². The van der Waals surface area contributed by atoms with Gasteiger partial charge in [0.15, 0.2) is 0 Å². The van der Waals surface area contributed by atoms with Crippen molar-refractivity contribution < 1.29 is 4.74 Å². The van der Waals surface area contributed by atoms with Crippen molar-refractivity contribution in [2.24, 2.45) is 0 Å². The summed E-state index contributed by atoms with van der Waals surface area (Å²) in [5, 5.41) is 3.74. The van der Waals surface area contributed by atoms with Gasteiger partial charge in [0.1, 0.15) is 0 Å². The Labute approximate surface area is 120 Å². The van der Waals surface area contributed by atoms with Crippen LogP contribution >= 0.6 is 0 Å². The van der Waals surface area contributed by atoms with Crippen molar-refractivity contribution in [3.8, 4) is 0 Å². The minimum absolute atomic E-state index is 0.0831. The Morgan fingerprint density at radius 2 is 2.00 bits per heavy atom.